The molecule has 110 valence electrons. The van der Waals surface area contributed by atoms with Crippen molar-refractivity contribution in [2.45, 2.75) is 43.5 Å². The van der Waals surface area contributed by atoms with Gasteiger partial charge in [-0.3, -0.25) is 4.98 Å². The predicted octanol–water partition coefficient (Wildman–Crippen LogP) is 3.29. The molecule has 3 nitrogen and oxygen atoms in total. The highest BCUT2D eigenvalue weighted by molar-refractivity contribution is 7.97. The molecule has 2 saturated heterocycles. The van der Waals surface area contributed by atoms with Gasteiger partial charge in [0, 0.05) is 36.4 Å². The molecule has 2 aliphatic rings. The number of pyridine rings is 1. The average Bonchev–Trinajstić information content (AvgIpc) is 2.50. The number of likely N-dealkylation sites (tertiary alicyclic amines) is 1. The lowest BCUT2D eigenvalue weighted by molar-refractivity contribution is 0.103. The molecule has 1 aromatic heterocycles. The predicted molar refractivity (Wildman–Crippen MR) is 84.7 cm³/mol. The van der Waals surface area contributed by atoms with E-state index in [9.17, 15) is 0 Å². The van der Waals surface area contributed by atoms with Crippen LogP contribution in [-0.4, -0.2) is 46.4 Å². The van der Waals surface area contributed by atoms with Crippen LogP contribution in [0.2, 0.25) is 0 Å². The Kier molecular flexibility index (Phi) is 4.97. The maximum Gasteiger partial charge on any atom is 0.0417 e. The first kappa shape index (κ1) is 14.4. The number of rotatable bonds is 3. The van der Waals surface area contributed by atoms with Crippen LogP contribution in [0.4, 0.5) is 0 Å². The standard InChI is InChI=1S/C16H25N3S/c1-14-4-9-18(10-5-14)15-6-11-19(12-7-15)20-16-3-2-8-17-13-16/h2-3,8,13-15H,4-7,9-12H2,1H3. The van der Waals surface area contributed by atoms with Crippen molar-refractivity contribution in [3.8, 4) is 0 Å². The van der Waals surface area contributed by atoms with Crippen molar-refractivity contribution in [3.05, 3.63) is 24.5 Å². The summed E-state index contributed by atoms with van der Waals surface area (Å²) < 4.78 is 2.50. The normalized spacial score (nSPS) is 24.1. The first-order valence-electron chi connectivity index (χ1n) is 7.88. The Morgan fingerprint density at radius 1 is 1.10 bits per heavy atom. The van der Waals surface area contributed by atoms with Gasteiger partial charge in [-0.25, -0.2) is 4.31 Å². The van der Waals surface area contributed by atoms with Crippen molar-refractivity contribution in [2.75, 3.05) is 26.2 Å². The molecule has 3 heterocycles. The zero-order valence-corrected chi connectivity index (χ0v) is 13.2. The molecule has 0 radical (unpaired) electrons. The van der Waals surface area contributed by atoms with E-state index >= 15 is 0 Å². The topological polar surface area (TPSA) is 19.4 Å². The van der Waals surface area contributed by atoms with Gasteiger partial charge >= 0.3 is 0 Å². The molecule has 0 bridgehead atoms. The van der Waals surface area contributed by atoms with E-state index in [0.717, 1.165) is 12.0 Å². The third-order valence-corrected chi connectivity index (χ3v) is 5.70. The molecule has 0 aliphatic carbocycles. The van der Waals surface area contributed by atoms with Gasteiger partial charge in [-0.1, -0.05) is 6.92 Å². The molecule has 0 spiro atoms. The number of nitrogens with zero attached hydrogens (tertiary/aromatic N) is 3. The summed E-state index contributed by atoms with van der Waals surface area (Å²) in [5.74, 6) is 0.937. The van der Waals surface area contributed by atoms with Crippen LogP contribution < -0.4 is 0 Å². The van der Waals surface area contributed by atoms with Gasteiger partial charge in [0.05, 0.1) is 0 Å². The second-order valence-electron chi connectivity index (χ2n) is 6.16. The summed E-state index contributed by atoms with van der Waals surface area (Å²) in [5.41, 5.74) is 0. The number of piperidine rings is 2. The fraction of sp³-hybridized carbons (Fsp3) is 0.688. The Morgan fingerprint density at radius 3 is 2.50 bits per heavy atom. The zero-order chi connectivity index (χ0) is 13.8. The van der Waals surface area contributed by atoms with E-state index in [4.69, 9.17) is 0 Å². The largest absolute Gasteiger partial charge is 0.300 e. The van der Waals surface area contributed by atoms with Crippen LogP contribution in [0.1, 0.15) is 32.6 Å². The third kappa shape index (κ3) is 3.74. The number of aromatic nitrogens is 1. The molecule has 2 aliphatic heterocycles. The summed E-state index contributed by atoms with van der Waals surface area (Å²) in [6.45, 7) is 7.44. The lowest BCUT2D eigenvalue weighted by Crippen LogP contribution is -2.46. The van der Waals surface area contributed by atoms with E-state index in [-0.39, 0.29) is 0 Å². The van der Waals surface area contributed by atoms with Crippen molar-refractivity contribution in [3.63, 3.8) is 0 Å². The van der Waals surface area contributed by atoms with Gasteiger partial charge in [-0.05, 0) is 68.8 Å². The highest BCUT2D eigenvalue weighted by atomic mass is 32.2. The van der Waals surface area contributed by atoms with Gasteiger partial charge < -0.3 is 4.90 Å². The van der Waals surface area contributed by atoms with Crippen molar-refractivity contribution in [2.24, 2.45) is 5.92 Å². The number of hydrogen-bond acceptors (Lipinski definition) is 4. The first-order valence-corrected chi connectivity index (χ1v) is 8.65. The minimum Gasteiger partial charge on any atom is -0.300 e. The van der Waals surface area contributed by atoms with Crippen LogP contribution in [0.3, 0.4) is 0 Å². The van der Waals surface area contributed by atoms with Crippen LogP contribution in [-0.2, 0) is 0 Å². The fourth-order valence-corrected chi connectivity index (χ4v) is 4.18. The molecule has 0 saturated carbocycles. The Hall–Kier alpha value is -0.580. The molecular formula is C16H25N3S. The lowest BCUT2D eigenvalue weighted by Gasteiger charge is -2.41. The zero-order valence-electron chi connectivity index (χ0n) is 12.4. The maximum atomic E-state index is 4.19. The van der Waals surface area contributed by atoms with Crippen molar-refractivity contribution < 1.29 is 0 Å². The van der Waals surface area contributed by atoms with Gasteiger partial charge in [0.15, 0.2) is 0 Å². The minimum atomic E-state index is 0.827. The van der Waals surface area contributed by atoms with Crippen LogP contribution in [0.15, 0.2) is 29.4 Å². The summed E-state index contributed by atoms with van der Waals surface area (Å²) in [4.78, 5) is 8.19. The van der Waals surface area contributed by atoms with Gasteiger partial charge in [0.2, 0.25) is 0 Å². The summed E-state index contributed by atoms with van der Waals surface area (Å²) in [6, 6.07) is 4.99. The summed E-state index contributed by atoms with van der Waals surface area (Å²) in [5, 5.41) is 0. The number of hydrogen-bond donors (Lipinski definition) is 0. The molecule has 3 rings (SSSR count). The quantitative estimate of drug-likeness (QED) is 0.796. The Balaban J connectivity index is 1.45. The van der Waals surface area contributed by atoms with E-state index in [1.165, 1.54) is 56.8 Å². The minimum absolute atomic E-state index is 0.827. The second-order valence-corrected chi connectivity index (χ2v) is 7.33. The van der Waals surface area contributed by atoms with E-state index in [2.05, 4.69) is 27.2 Å². The van der Waals surface area contributed by atoms with E-state index in [1.54, 1.807) is 0 Å². The fourth-order valence-electron chi connectivity index (χ4n) is 3.24. The lowest BCUT2D eigenvalue weighted by atomic mass is 9.95. The van der Waals surface area contributed by atoms with Gasteiger partial charge in [-0.2, -0.15) is 0 Å². The van der Waals surface area contributed by atoms with Gasteiger partial charge in [0.25, 0.3) is 0 Å². The summed E-state index contributed by atoms with van der Waals surface area (Å²) in [7, 11) is 0. The molecule has 1 aromatic rings. The van der Waals surface area contributed by atoms with E-state index < -0.39 is 0 Å². The van der Waals surface area contributed by atoms with Crippen molar-refractivity contribution in [1.82, 2.24) is 14.2 Å². The van der Waals surface area contributed by atoms with E-state index in [0.29, 0.717) is 0 Å². The molecule has 4 heteroatoms. The van der Waals surface area contributed by atoms with Crippen LogP contribution in [0, 0.1) is 5.92 Å². The van der Waals surface area contributed by atoms with Crippen LogP contribution in [0.5, 0.6) is 0 Å². The summed E-state index contributed by atoms with van der Waals surface area (Å²) in [6.07, 6.45) is 9.23. The molecule has 0 amide bonds. The molecule has 0 aromatic carbocycles. The average molecular weight is 291 g/mol. The van der Waals surface area contributed by atoms with Gasteiger partial charge in [-0.15, -0.1) is 0 Å². The Morgan fingerprint density at radius 2 is 1.85 bits per heavy atom. The van der Waals surface area contributed by atoms with Crippen molar-refractivity contribution >= 4 is 11.9 Å². The molecule has 0 unspecified atom stereocenters. The molecule has 0 N–H and O–H groups in total. The van der Waals surface area contributed by atoms with Gasteiger partial charge in [0.1, 0.15) is 0 Å². The smallest absolute Gasteiger partial charge is 0.0417 e. The van der Waals surface area contributed by atoms with Crippen molar-refractivity contribution in [1.29, 1.82) is 0 Å². The van der Waals surface area contributed by atoms with Crippen LogP contribution in [0.25, 0.3) is 0 Å². The monoisotopic (exact) mass is 291 g/mol. The third-order valence-electron chi connectivity index (χ3n) is 4.63. The SMILES string of the molecule is CC1CCN(C2CCN(Sc3cccnc3)CC2)CC1. The maximum absolute atomic E-state index is 4.19. The highest BCUT2D eigenvalue weighted by Gasteiger charge is 2.27. The molecular weight excluding hydrogens is 266 g/mol. The second kappa shape index (κ2) is 6.92. The summed E-state index contributed by atoms with van der Waals surface area (Å²) >= 11 is 1.87. The molecule has 0 atom stereocenters. The Labute approximate surface area is 126 Å². The van der Waals surface area contributed by atoms with Crippen LogP contribution >= 0.6 is 11.9 Å². The highest BCUT2D eigenvalue weighted by Crippen LogP contribution is 2.28. The molecule has 2 fully saturated rings. The first-order chi connectivity index (χ1) is 9.81. The molecule has 20 heavy (non-hydrogen) atoms. The Bertz CT molecular complexity index is 395. The van der Waals surface area contributed by atoms with E-state index in [1.807, 2.05) is 30.4 Å².